The maximum atomic E-state index is 12.9. The molecule has 20 heavy (non-hydrogen) atoms. The molecule has 1 spiro atoms. The van der Waals surface area contributed by atoms with Crippen molar-refractivity contribution in [2.24, 2.45) is 11.8 Å². The van der Waals surface area contributed by atoms with Crippen molar-refractivity contribution in [3.8, 4) is 0 Å². The number of nitrogens with zero attached hydrogens (tertiary/aromatic N) is 2. The fraction of sp³-hybridized carbons (Fsp3) is 0.938. The van der Waals surface area contributed by atoms with Crippen LogP contribution in [0.2, 0.25) is 0 Å². The Morgan fingerprint density at radius 1 is 1.20 bits per heavy atom. The molecule has 2 aliphatic carbocycles. The molecule has 2 heterocycles. The number of hydrogen-bond acceptors (Lipinski definition) is 2. The van der Waals surface area contributed by atoms with Crippen LogP contribution in [0.5, 0.6) is 0 Å². The maximum absolute atomic E-state index is 12.9. The molecule has 0 aromatic carbocycles. The molecule has 2 aliphatic heterocycles. The number of halogens is 1. The van der Waals surface area contributed by atoms with Crippen LogP contribution in [0, 0.1) is 11.8 Å². The van der Waals surface area contributed by atoms with Crippen molar-refractivity contribution in [3.05, 3.63) is 0 Å². The van der Waals surface area contributed by atoms with Crippen LogP contribution in [-0.4, -0.2) is 53.6 Å². The van der Waals surface area contributed by atoms with E-state index >= 15 is 0 Å². The van der Waals surface area contributed by atoms with E-state index in [4.69, 9.17) is 0 Å². The zero-order valence-corrected chi connectivity index (χ0v) is 12.2. The van der Waals surface area contributed by atoms with Gasteiger partial charge in [-0.3, -0.25) is 9.69 Å². The van der Waals surface area contributed by atoms with Crippen molar-refractivity contribution in [1.82, 2.24) is 9.80 Å². The minimum atomic E-state index is -0.724. The molecule has 3 nitrogen and oxygen atoms in total. The van der Waals surface area contributed by atoms with E-state index in [0.29, 0.717) is 12.8 Å². The first-order chi connectivity index (χ1) is 9.66. The first kappa shape index (κ1) is 13.1. The largest absolute Gasteiger partial charge is 0.341 e. The van der Waals surface area contributed by atoms with Crippen LogP contribution in [0.15, 0.2) is 0 Å². The molecule has 0 unspecified atom stereocenters. The molecule has 4 aliphatic rings. The summed E-state index contributed by atoms with van der Waals surface area (Å²) in [5, 5.41) is 0. The summed E-state index contributed by atoms with van der Waals surface area (Å²) in [5.41, 5.74) is 0.275. The molecule has 0 N–H and O–H groups in total. The minimum Gasteiger partial charge on any atom is -0.341 e. The number of rotatable bonds is 3. The minimum absolute atomic E-state index is 0.0153. The highest BCUT2D eigenvalue weighted by Gasteiger charge is 2.49. The molecule has 0 aromatic rings. The Balaban J connectivity index is 1.39. The molecule has 0 radical (unpaired) electrons. The number of likely N-dealkylation sites (tertiary alicyclic amines) is 2. The standard InChI is InChI=1S/C16H25FN2O/c17-14-8-13(9-14)15(20)18-7-5-16(11-18)4-1-6-19(16)10-12-2-3-12/h12-14H,1-11H2/t13?,14?,16-/m1/s1. The van der Waals surface area contributed by atoms with Crippen LogP contribution in [0.25, 0.3) is 0 Å². The van der Waals surface area contributed by atoms with Gasteiger partial charge >= 0.3 is 0 Å². The van der Waals surface area contributed by atoms with Gasteiger partial charge in [-0.05, 0) is 57.4 Å². The molecule has 1 atom stereocenters. The van der Waals surface area contributed by atoms with E-state index in [1.807, 2.05) is 4.90 Å². The highest BCUT2D eigenvalue weighted by molar-refractivity contribution is 5.80. The van der Waals surface area contributed by atoms with Gasteiger partial charge < -0.3 is 4.90 Å². The predicted molar refractivity (Wildman–Crippen MR) is 75.1 cm³/mol. The summed E-state index contributed by atoms with van der Waals surface area (Å²) in [5.74, 6) is 1.14. The smallest absolute Gasteiger partial charge is 0.225 e. The lowest BCUT2D eigenvalue weighted by Gasteiger charge is -2.36. The second-order valence-electron chi connectivity index (χ2n) is 7.49. The van der Waals surface area contributed by atoms with E-state index in [0.717, 1.165) is 25.4 Å². The Morgan fingerprint density at radius 3 is 2.70 bits per heavy atom. The Bertz CT molecular complexity index is 405. The van der Waals surface area contributed by atoms with Gasteiger partial charge in [-0.2, -0.15) is 0 Å². The third kappa shape index (κ3) is 2.16. The van der Waals surface area contributed by atoms with Crippen LogP contribution in [0.1, 0.15) is 44.9 Å². The van der Waals surface area contributed by atoms with Crippen molar-refractivity contribution >= 4 is 5.91 Å². The summed E-state index contributed by atoms with van der Waals surface area (Å²) in [6, 6.07) is 0. The van der Waals surface area contributed by atoms with Gasteiger partial charge in [0.1, 0.15) is 6.17 Å². The summed E-state index contributed by atoms with van der Waals surface area (Å²) in [4.78, 5) is 17.1. The molecule has 2 saturated carbocycles. The monoisotopic (exact) mass is 280 g/mol. The zero-order valence-electron chi connectivity index (χ0n) is 12.2. The Hall–Kier alpha value is -0.640. The quantitative estimate of drug-likeness (QED) is 0.791. The van der Waals surface area contributed by atoms with Gasteiger partial charge in [-0.15, -0.1) is 0 Å². The normalized spacial score (nSPS) is 41.4. The highest BCUT2D eigenvalue weighted by atomic mass is 19.1. The Labute approximate surface area is 120 Å². The first-order valence-electron chi connectivity index (χ1n) is 8.34. The van der Waals surface area contributed by atoms with Crippen LogP contribution in [0.3, 0.4) is 0 Å². The molecule has 4 fully saturated rings. The SMILES string of the molecule is O=C(C1CC(F)C1)N1CC[C@]2(CCCN2CC2CC2)C1. The van der Waals surface area contributed by atoms with Crippen LogP contribution in [-0.2, 0) is 4.79 Å². The van der Waals surface area contributed by atoms with Gasteiger partial charge in [0, 0.05) is 31.1 Å². The average Bonchev–Trinajstić information content (AvgIpc) is 2.98. The molecule has 2 saturated heterocycles. The van der Waals surface area contributed by atoms with Gasteiger partial charge in [-0.1, -0.05) is 0 Å². The van der Waals surface area contributed by atoms with Gasteiger partial charge in [-0.25, -0.2) is 4.39 Å². The fourth-order valence-electron chi connectivity index (χ4n) is 4.41. The predicted octanol–water partition coefficient (Wildman–Crippen LogP) is 2.21. The molecular weight excluding hydrogens is 255 g/mol. The number of alkyl halides is 1. The second kappa shape index (κ2) is 4.69. The lowest BCUT2D eigenvalue weighted by atomic mass is 9.82. The molecule has 4 heteroatoms. The van der Waals surface area contributed by atoms with Crippen molar-refractivity contribution in [1.29, 1.82) is 0 Å². The van der Waals surface area contributed by atoms with Crippen LogP contribution < -0.4 is 0 Å². The third-order valence-electron chi connectivity index (χ3n) is 5.99. The molecule has 1 amide bonds. The Kier molecular flexibility index (Phi) is 3.06. The fourth-order valence-corrected chi connectivity index (χ4v) is 4.41. The van der Waals surface area contributed by atoms with Crippen LogP contribution in [0.4, 0.5) is 4.39 Å². The summed E-state index contributed by atoms with van der Waals surface area (Å²) in [6.07, 6.45) is 6.67. The molecular formula is C16H25FN2O. The van der Waals surface area contributed by atoms with E-state index in [2.05, 4.69) is 4.90 Å². The topological polar surface area (TPSA) is 23.6 Å². The van der Waals surface area contributed by atoms with Gasteiger partial charge in [0.2, 0.25) is 5.91 Å². The number of carbonyl (C=O) groups excluding carboxylic acids is 1. The van der Waals surface area contributed by atoms with Gasteiger partial charge in [0.05, 0.1) is 0 Å². The van der Waals surface area contributed by atoms with E-state index in [9.17, 15) is 9.18 Å². The summed E-state index contributed by atoms with van der Waals surface area (Å²) in [7, 11) is 0. The highest BCUT2D eigenvalue weighted by Crippen LogP contribution is 2.42. The van der Waals surface area contributed by atoms with Gasteiger partial charge in [0.15, 0.2) is 0 Å². The van der Waals surface area contributed by atoms with E-state index < -0.39 is 6.17 Å². The zero-order chi connectivity index (χ0) is 13.7. The number of amides is 1. The van der Waals surface area contributed by atoms with Gasteiger partial charge in [0.25, 0.3) is 0 Å². The first-order valence-corrected chi connectivity index (χ1v) is 8.34. The molecule has 0 bridgehead atoms. The van der Waals surface area contributed by atoms with Crippen molar-refractivity contribution in [2.75, 3.05) is 26.2 Å². The number of hydrogen-bond donors (Lipinski definition) is 0. The lowest BCUT2D eigenvalue weighted by molar-refractivity contribution is -0.139. The van der Waals surface area contributed by atoms with Crippen molar-refractivity contribution in [3.63, 3.8) is 0 Å². The lowest BCUT2D eigenvalue weighted by Crippen LogP contribution is -2.49. The van der Waals surface area contributed by atoms with Crippen molar-refractivity contribution in [2.45, 2.75) is 56.7 Å². The Morgan fingerprint density at radius 2 is 2.00 bits per heavy atom. The van der Waals surface area contributed by atoms with Crippen LogP contribution >= 0.6 is 0 Å². The molecule has 112 valence electrons. The maximum Gasteiger partial charge on any atom is 0.225 e. The molecule has 4 rings (SSSR count). The van der Waals surface area contributed by atoms with E-state index in [-0.39, 0.29) is 17.4 Å². The van der Waals surface area contributed by atoms with Crippen molar-refractivity contribution < 1.29 is 9.18 Å². The third-order valence-corrected chi connectivity index (χ3v) is 5.99. The average molecular weight is 280 g/mol. The van der Waals surface area contributed by atoms with E-state index in [1.165, 1.54) is 38.8 Å². The summed E-state index contributed by atoms with van der Waals surface area (Å²) >= 11 is 0. The summed E-state index contributed by atoms with van der Waals surface area (Å²) in [6.45, 7) is 4.27. The van der Waals surface area contributed by atoms with E-state index in [1.54, 1.807) is 0 Å². The number of carbonyl (C=O) groups is 1. The molecule has 0 aromatic heterocycles. The second-order valence-corrected chi connectivity index (χ2v) is 7.49. The summed E-state index contributed by atoms with van der Waals surface area (Å²) < 4.78 is 12.9.